The smallest absolute Gasteiger partial charge is 0.134 e. The Morgan fingerprint density at radius 2 is 1.92 bits per heavy atom. The predicted octanol–water partition coefficient (Wildman–Crippen LogP) is 1.89. The second-order valence-corrected chi connectivity index (χ2v) is 6.47. The van der Waals surface area contributed by atoms with Crippen LogP contribution in [0.2, 0.25) is 0 Å². The van der Waals surface area contributed by atoms with Gasteiger partial charge in [-0.3, -0.25) is 0 Å². The molecule has 0 atom stereocenters. The normalized spacial score (nSPS) is 16.8. The number of benzene rings is 1. The SMILES string of the molecule is COc1ccc(CC2(CO)CCN(c3cc(N)ncn3)CC2)cc1. The lowest BCUT2D eigenvalue weighted by molar-refractivity contribution is 0.0961. The number of nitrogens with two attached hydrogens (primary N) is 1. The first-order valence-electron chi connectivity index (χ1n) is 8.20. The van der Waals surface area contributed by atoms with Crippen LogP contribution in [0.4, 0.5) is 11.6 Å². The Morgan fingerprint density at radius 3 is 2.50 bits per heavy atom. The summed E-state index contributed by atoms with van der Waals surface area (Å²) < 4.78 is 5.21. The number of piperidine rings is 1. The molecule has 2 aromatic rings. The Hall–Kier alpha value is -2.34. The summed E-state index contributed by atoms with van der Waals surface area (Å²) in [5, 5.41) is 10.0. The van der Waals surface area contributed by atoms with Gasteiger partial charge < -0.3 is 20.5 Å². The van der Waals surface area contributed by atoms with Crippen molar-refractivity contribution in [3.05, 3.63) is 42.2 Å². The topological polar surface area (TPSA) is 84.5 Å². The maximum absolute atomic E-state index is 10.0. The lowest BCUT2D eigenvalue weighted by Gasteiger charge is -2.41. The third-order valence-electron chi connectivity index (χ3n) is 4.90. The Morgan fingerprint density at radius 1 is 1.21 bits per heavy atom. The van der Waals surface area contributed by atoms with E-state index in [1.807, 2.05) is 12.1 Å². The van der Waals surface area contributed by atoms with Crippen LogP contribution in [0.25, 0.3) is 0 Å². The summed E-state index contributed by atoms with van der Waals surface area (Å²) in [5.41, 5.74) is 6.89. The van der Waals surface area contributed by atoms with Gasteiger partial charge in [-0.05, 0) is 37.0 Å². The lowest BCUT2D eigenvalue weighted by atomic mass is 9.74. The predicted molar refractivity (Wildman–Crippen MR) is 94.1 cm³/mol. The zero-order valence-corrected chi connectivity index (χ0v) is 14.0. The highest BCUT2D eigenvalue weighted by atomic mass is 16.5. The van der Waals surface area contributed by atoms with E-state index in [0.717, 1.165) is 43.9 Å². The van der Waals surface area contributed by atoms with E-state index in [0.29, 0.717) is 5.82 Å². The number of hydrogen-bond donors (Lipinski definition) is 2. The molecule has 0 unspecified atom stereocenters. The van der Waals surface area contributed by atoms with Gasteiger partial charge in [-0.2, -0.15) is 0 Å². The fourth-order valence-electron chi connectivity index (χ4n) is 3.31. The fourth-order valence-corrected chi connectivity index (χ4v) is 3.31. The molecule has 0 spiro atoms. The van der Waals surface area contributed by atoms with E-state index in [9.17, 15) is 5.11 Å². The largest absolute Gasteiger partial charge is 0.497 e. The van der Waals surface area contributed by atoms with Gasteiger partial charge in [0.15, 0.2) is 0 Å². The Labute approximate surface area is 142 Å². The van der Waals surface area contributed by atoms with Crippen LogP contribution in [0.1, 0.15) is 18.4 Å². The molecule has 1 aromatic carbocycles. The van der Waals surface area contributed by atoms with Crippen molar-refractivity contribution in [3.63, 3.8) is 0 Å². The van der Waals surface area contributed by atoms with Gasteiger partial charge in [-0.15, -0.1) is 0 Å². The second-order valence-electron chi connectivity index (χ2n) is 6.47. The van der Waals surface area contributed by atoms with Crippen LogP contribution in [0, 0.1) is 5.41 Å². The third kappa shape index (κ3) is 3.59. The molecule has 3 rings (SSSR count). The van der Waals surface area contributed by atoms with Gasteiger partial charge in [0.05, 0.1) is 7.11 Å². The molecule has 1 saturated heterocycles. The molecule has 6 heteroatoms. The number of methoxy groups -OCH3 is 1. The molecule has 0 radical (unpaired) electrons. The first-order valence-corrected chi connectivity index (χ1v) is 8.20. The number of nitrogen functional groups attached to an aromatic ring is 1. The molecule has 0 aliphatic carbocycles. The molecule has 24 heavy (non-hydrogen) atoms. The Balaban J connectivity index is 1.67. The summed E-state index contributed by atoms with van der Waals surface area (Å²) >= 11 is 0. The highest BCUT2D eigenvalue weighted by molar-refractivity contribution is 5.46. The number of aliphatic hydroxyl groups excluding tert-OH is 1. The molecule has 2 heterocycles. The summed E-state index contributed by atoms with van der Waals surface area (Å²) in [6, 6.07) is 9.90. The third-order valence-corrected chi connectivity index (χ3v) is 4.90. The first kappa shape index (κ1) is 16.5. The minimum absolute atomic E-state index is 0.0797. The van der Waals surface area contributed by atoms with Crippen molar-refractivity contribution >= 4 is 11.6 Å². The van der Waals surface area contributed by atoms with E-state index in [1.54, 1.807) is 13.2 Å². The molecular formula is C18H24N4O2. The maximum atomic E-state index is 10.0. The molecule has 128 valence electrons. The number of rotatable bonds is 5. The zero-order valence-electron chi connectivity index (χ0n) is 14.0. The van der Waals surface area contributed by atoms with Crippen molar-refractivity contribution in [1.29, 1.82) is 0 Å². The van der Waals surface area contributed by atoms with Crippen molar-refractivity contribution in [2.24, 2.45) is 5.41 Å². The van der Waals surface area contributed by atoms with Crippen LogP contribution in [0.15, 0.2) is 36.7 Å². The van der Waals surface area contributed by atoms with Gasteiger partial charge in [0.1, 0.15) is 23.7 Å². The van der Waals surface area contributed by atoms with E-state index in [1.165, 1.54) is 11.9 Å². The van der Waals surface area contributed by atoms with E-state index in [4.69, 9.17) is 10.5 Å². The molecule has 6 nitrogen and oxygen atoms in total. The van der Waals surface area contributed by atoms with Crippen molar-refractivity contribution in [2.75, 3.05) is 37.4 Å². The summed E-state index contributed by atoms with van der Waals surface area (Å²) in [5.74, 6) is 2.20. The Kier molecular flexibility index (Phi) is 4.85. The van der Waals surface area contributed by atoms with Gasteiger partial charge in [0.25, 0.3) is 0 Å². The van der Waals surface area contributed by atoms with Crippen LogP contribution in [-0.2, 0) is 6.42 Å². The summed E-state index contributed by atoms with van der Waals surface area (Å²) in [6.45, 7) is 1.90. The molecule has 3 N–H and O–H groups in total. The molecule has 0 saturated carbocycles. The average Bonchev–Trinajstić information content (AvgIpc) is 2.63. The van der Waals surface area contributed by atoms with Crippen molar-refractivity contribution in [2.45, 2.75) is 19.3 Å². The van der Waals surface area contributed by atoms with Gasteiger partial charge in [0, 0.05) is 31.2 Å². The second kappa shape index (κ2) is 7.05. The maximum Gasteiger partial charge on any atom is 0.134 e. The molecule has 1 aliphatic heterocycles. The van der Waals surface area contributed by atoms with Crippen LogP contribution in [0.5, 0.6) is 5.75 Å². The van der Waals surface area contributed by atoms with E-state index >= 15 is 0 Å². The van der Waals surface area contributed by atoms with Crippen LogP contribution in [-0.4, -0.2) is 41.9 Å². The molecular weight excluding hydrogens is 304 g/mol. The van der Waals surface area contributed by atoms with Gasteiger partial charge in [-0.25, -0.2) is 9.97 Å². The average molecular weight is 328 g/mol. The van der Waals surface area contributed by atoms with Gasteiger partial charge >= 0.3 is 0 Å². The summed E-state index contributed by atoms with van der Waals surface area (Å²) in [6.07, 6.45) is 4.20. The first-order chi connectivity index (χ1) is 11.6. The fraction of sp³-hybridized carbons (Fsp3) is 0.444. The minimum Gasteiger partial charge on any atom is -0.497 e. The van der Waals surface area contributed by atoms with E-state index in [2.05, 4.69) is 27.0 Å². The van der Waals surface area contributed by atoms with Crippen LogP contribution >= 0.6 is 0 Å². The number of aromatic nitrogens is 2. The standard InChI is InChI=1S/C18H24N4O2/c1-24-15-4-2-14(3-5-15)11-18(12-23)6-8-22(9-7-18)17-10-16(19)20-13-21-17/h2-5,10,13,23H,6-9,11-12H2,1H3,(H2,19,20,21). The van der Waals surface area contributed by atoms with Gasteiger partial charge in [0.2, 0.25) is 0 Å². The lowest BCUT2D eigenvalue weighted by Crippen LogP contribution is -2.43. The number of aliphatic hydroxyl groups is 1. The van der Waals surface area contributed by atoms with Gasteiger partial charge in [-0.1, -0.05) is 12.1 Å². The molecule has 0 amide bonds. The summed E-state index contributed by atoms with van der Waals surface area (Å²) in [4.78, 5) is 10.4. The molecule has 0 bridgehead atoms. The van der Waals surface area contributed by atoms with E-state index < -0.39 is 0 Å². The number of nitrogens with zero attached hydrogens (tertiary/aromatic N) is 3. The monoisotopic (exact) mass is 328 g/mol. The minimum atomic E-state index is -0.0797. The zero-order chi connectivity index (χ0) is 17.0. The number of hydrogen-bond acceptors (Lipinski definition) is 6. The molecule has 1 aliphatic rings. The van der Waals surface area contributed by atoms with Crippen LogP contribution in [0.3, 0.4) is 0 Å². The quantitative estimate of drug-likeness (QED) is 0.872. The number of anilines is 2. The van der Waals surface area contributed by atoms with Crippen LogP contribution < -0.4 is 15.4 Å². The highest BCUT2D eigenvalue weighted by Gasteiger charge is 2.34. The Bertz CT molecular complexity index is 667. The number of ether oxygens (including phenoxy) is 1. The van der Waals surface area contributed by atoms with Crippen molar-refractivity contribution < 1.29 is 9.84 Å². The molecule has 1 fully saturated rings. The van der Waals surface area contributed by atoms with Crippen molar-refractivity contribution in [3.8, 4) is 5.75 Å². The highest BCUT2D eigenvalue weighted by Crippen LogP contribution is 2.36. The summed E-state index contributed by atoms with van der Waals surface area (Å²) in [7, 11) is 1.67. The molecule has 1 aromatic heterocycles. The van der Waals surface area contributed by atoms with Crippen molar-refractivity contribution in [1.82, 2.24) is 9.97 Å². The van der Waals surface area contributed by atoms with E-state index in [-0.39, 0.29) is 12.0 Å².